The number of fused-ring (bicyclic) bond motifs is 1. The fourth-order valence-corrected chi connectivity index (χ4v) is 4.11. The summed E-state index contributed by atoms with van der Waals surface area (Å²) in [5, 5.41) is 3.89. The number of amides is 1. The molecule has 2 aliphatic heterocycles. The third-order valence-electron chi connectivity index (χ3n) is 5.72. The second kappa shape index (κ2) is 9.03. The number of hydrogen-bond acceptors (Lipinski definition) is 3. The highest BCUT2D eigenvalue weighted by Crippen LogP contribution is 2.34. The summed E-state index contributed by atoms with van der Waals surface area (Å²) in [5.74, 6) is 1.59. The number of hydrogen-bond donors (Lipinski definition) is 3. The van der Waals surface area contributed by atoms with Crippen LogP contribution in [0.5, 0.6) is 11.5 Å². The fraction of sp³-hybridized carbons (Fsp3) is 0.409. The van der Waals surface area contributed by atoms with Crippen LogP contribution in [-0.4, -0.2) is 45.4 Å². The van der Waals surface area contributed by atoms with Crippen LogP contribution in [0.25, 0.3) is 0 Å². The van der Waals surface area contributed by atoms with Crippen LogP contribution in [0.2, 0.25) is 5.02 Å². The van der Waals surface area contributed by atoms with Crippen LogP contribution in [0.15, 0.2) is 42.5 Å². The monoisotopic (exact) mass is 417 g/mol. The molecular formula is C22H28ClN3O3+2. The van der Waals surface area contributed by atoms with Gasteiger partial charge in [0, 0.05) is 10.6 Å². The van der Waals surface area contributed by atoms with Crippen LogP contribution in [0.1, 0.15) is 24.1 Å². The van der Waals surface area contributed by atoms with E-state index in [2.05, 4.69) is 17.4 Å². The van der Waals surface area contributed by atoms with Crippen molar-refractivity contribution in [2.24, 2.45) is 0 Å². The lowest BCUT2D eigenvalue weighted by Crippen LogP contribution is -3.28. The van der Waals surface area contributed by atoms with Gasteiger partial charge in [-0.05, 0) is 36.8 Å². The molecule has 0 bridgehead atoms. The van der Waals surface area contributed by atoms with Crippen molar-refractivity contribution in [3.05, 3.63) is 58.6 Å². The second-order valence-electron chi connectivity index (χ2n) is 7.88. The predicted octanol–water partition coefficient (Wildman–Crippen LogP) is 0.230. The SMILES string of the molecule is C[C@@H](NC(=O)C[NH+]1CC[NH+](Cc2ccc(Cl)cc2)CC1)c1ccc2c(c1)OCO2. The lowest BCUT2D eigenvalue weighted by atomic mass is 10.1. The molecule has 0 saturated carbocycles. The van der Waals surface area contributed by atoms with Crippen LogP contribution in [0.4, 0.5) is 0 Å². The Hall–Kier alpha value is -2.28. The zero-order chi connectivity index (χ0) is 20.2. The van der Waals surface area contributed by atoms with Gasteiger partial charge in [-0.1, -0.05) is 29.8 Å². The van der Waals surface area contributed by atoms with E-state index in [1.165, 1.54) is 10.5 Å². The number of carbonyl (C=O) groups excluding carboxylic acids is 1. The molecule has 29 heavy (non-hydrogen) atoms. The quantitative estimate of drug-likeness (QED) is 0.630. The molecule has 2 aliphatic rings. The third-order valence-corrected chi connectivity index (χ3v) is 5.97. The molecule has 154 valence electrons. The summed E-state index contributed by atoms with van der Waals surface area (Å²) in [6.07, 6.45) is 0. The molecule has 1 saturated heterocycles. The number of benzene rings is 2. The molecule has 1 atom stereocenters. The number of nitrogens with one attached hydrogen (secondary N) is 3. The van der Waals surface area contributed by atoms with E-state index >= 15 is 0 Å². The van der Waals surface area contributed by atoms with E-state index in [-0.39, 0.29) is 18.7 Å². The molecule has 6 nitrogen and oxygen atoms in total. The normalized spacial score (nSPS) is 21.6. The highest BCUT2D eigenvalue weighted by molar-refractivity contribution is 6.30. The Morgan fingerprint density at radius 1 is 1.03 bits per heavy atom. The zero-order valence-electron chi connectivity index (χ0n) is 16.7. The zero-order valence-corrected chi connectivity index (χ0v) is 17.4. The standard InChI is InChI=1S/C22H26ClN3O3/c1-16(18-4-7-20-21(12-18)29-15-28-20)24-22(27)14-26-10-8-25(9-11-26)13-17-2-5-19(23)6-3-17/h2-7,12,16H,8-11,13-15H2,1H3,(H,24,27)/p+2/t16-/m1/s1. The van der Waals surface area contributed by atoms with Crippen molar-refractivity contribution in [2.75, 3.05) is 39.5 Å². The lowest BCUT2D eigenvalue weighted by Gasteiger charge is -2.29. The number of quaternary nitrogens is 2. The van der Waals surface area contributed by atoms with Crippen molar-refractivity contribution in [1.82, 2.24) is 5.32 Å². The Bertz CT molecular complexity index is 851. The summed E-state index contributed by atoms with van der Waals surface area (Å²) < 4.78 is 10.8. The minimum atomic E-state index is -0.0618. The summed E-state index contributed by atoms with van der Waals surface area (Å²) in [5.41, 5.74) is 2.33. The van der Waals surface area contributed by atoms with Crippen LogP contribution < -0.4 is 24.6 Å². The second-order valence-corrected chi connectivity index (χ2v) is 8.32. The Morgan fingerprint density at radius 3 is 2.48 bits per heavy atom. The molecule has 2 heterocycles. The average molecular weight is 418 g/mol. The van der Waals surface area contributed by atoms with Gasteiger partial charge in [-0.25, -0.2) is 0 Å². The van der Waals surface area contributed by atoms with E-state index in [0.717, 1.165) is 54.8 Å². The molecule has 0 spiro atoms. The lowest BCUT2D eigenvalue weighted by molar-refractivity contribution is -1.02. The first-order chi connectivity index (χ1) is 14.1. The van der Waals surface area contributed by atoms with E-state index in [4.69, 9.17) is 21.1 Å². The first kappa shape index (κ1) is 20.0. The third kappa shape index (κ3) is 5.21. The van der Waals surface area contributed by atoms with Crippen LogP contribution in [0.3, 0.4) is 0 Å². The van der Waals surface area contributed by atoms with Gasteiger partial charge in [0.2, 0.25) is 6.79 Å². The number of rotatable bonds is 6. The van der Waals surface area contributed by atoms with Crippen LogP contribution in [0, 0.1) is 0 Å². The summed E-state index contributed by atoms with van der Waals surface area (Å²) >= 11 is 5.96. The van der Waals surface area contributed by atoms with Crippen LogP contribution >= 0.6 is 11.6 Å². The molecule has 0 aliphatic carbocycles. The number of carbonyl (C=O) groups is 1. The van der Waals surface area contributed by atoms with Crippen molar-refractivity contribution in [3.63, 3.8) is 0 Å². The molecule has 0 aromatic heterocycles. The Morgan fingerprint density at radius 2 is 1.72 bits per heavy atom. The molecule has 4 rings (SSSR count). The molecule has 1 amide bonds. The van der Waals surface area contributed by atoms with Gasteiger partial charge in [0.05, 0.1) is 6.04 Å². The van der Waals surface area contributed by atoms with E-state index in [9.17, 15) is 4.79 Å². The van der Waals surface area contributed by atoms with Gasteiger partial charge in [-0.3, -0.25) is 4.79 Å². The molecular weight excluding hydrogens is 390 g/mol. The Kier molecular flexibility index (Phi) is 6.23. The highest BCUT2D eigenvalue weighted by atomic mass is 35.5. The van der Waals surface area contributed by atoms with Gasteiger partial charge in [0.25, 0.3) is 5.91 Å². The minimum Gasteiger partial charge on any atom is -0.454 e. The van der Waals surface area contributed by atoms with Crippen molar-refractivity contribution < 1.29 is 24.1 Å². The molecule has 2 aromatic carbocycles. The van der Waals surface area contributed by atoms with Crippen LogP contribution in [-0.2, 0) is 11.3 Å². The minimum absolute atomic E-state index is 0.0618. The maximum Gasteiger partial charge on any atom is 0.275 e. The van der Waals surface area contributed by atoms with Gasteiger partial charge in [0.1, 0.15) is 32.7 Å². The predicted molar refractivity (Wildman–Crippen MR) is 111 cm³/mol. The maximum atomic E-state index is 12.5. The van der Waals surface area contributed by atoms with E-state index in [1.807, 2.05) is 37.3 Å². The van der Waals surface area contributed by atoms with Crippen molar-refractivity contribution >= 4 is 17.5 Å². The molecule has 0 radical (unpaired) electrons. The largest absolute Gasteiger partial charge is 0.454 e. The van der Waals surface area contributed by atoms with Gasteiger partial charge < -0.3 is 24.6 Å². The van der Waals surface area contributed by atoms with Gasteiger partial charge >= 0.3 is 0 Å². The molecule has 2 aromatic rings. The Labute approximate surface area is 176 Å². The van der Waals surface area contributed by atoms with Gasteiger partial charge in [-0.15, -0.1) is 0 Å². The maximum absolute atomic E-state index is 12.5. The molecule has 7 heteroatoms. The van der Waals surface area contributed by atoms with Gasteiger partial charge in [0.15, 0.2) is 18.0 Å². The molecule has 3 N–H and O–H groups in total. The van der Waals surface area contributed by atoms with Crippen molar-refractivity contribution in [3.8, 4) is 11.5 Å². The smallest absolute Gasteiger partial charge is 0.275 e. The summed E-state index contributed by atoms with van der Waals surface area (Å²) in [4.78, 5) is 15.4. The number of halogens is 1. The number of ether oxygens (including phenoxy) is 2. The first-order valence-electron chi connectivity index (χ1n) is 10.2. The topological polar surface area (TPSA) is 56.4 Å². The highest BCUT2D eigenvalue weighted by Gasteiger charge is 2.25. The summed E-state index contributed by atoms with van der Waals surface area (Å²) in [6, 6.07) is 13.8. The first-order valence-corrected chi connectivity index (χ1v) is 10.5. The summed E-state index contributed by atoms with van der Waals surface area (Å²) in [6.45, 7) is 7.95. The fourth-order valence-electron chi connectivity index (χ4n) is 3.99. The Balaban J connectivity index is 1.22. The van der Waals surface area contributed by atoms with Gasteiger partial charge in [-0.2, -0.15) is 0 Å². The summed E-state index contributed by atoms with van der Waals surface area (Å²) in [7, 11) is 0. The van der Waals surface area contributed by atoms with Crippen molar-refractivity contribution in [1.29, 1.82) is 0 Å². The average Bonchev–Trinajstić information content (AvgIpc) is 3.19. The molecule has 0 unspecified atom stereocenters. The van der Waals surface area contributed by atoms with Crippen molar-refractivity contribution in [2.45, 2.75) is 19.5 Å². The van der Waals surface area contributed by atoms with E-state index < -0.39 is 0 Å². The number of piperazine rings is 1. The van der Waals surface area contributed by atoms with E-state index in [1.54, 1.807) is 4.90 Å². The molecule has 1 fully saturated rings. The van der Waals surface area contributed by atoms with E-state index in [0.29, 0.717) is 6.54 Å².